The summed E-state index contributed by atoms with van der Waals surface area (Å²) in [5.74, 6) is 0. The molecule has 18 heavy (non-hydrogen) atoms. The second kappa shape index (κ2) is 9.11. The highest BCUT2D eigenvalue weighted by Gasteiger charge is 2.25. The zero-order valence-corrected chi connectivity index (χ0v) is 15.1. The van der Waals surface area contributed by atoms with Crippen molar-refractivity contribution >= 4 is 9.76 Å². The average molecular weight is 275 g/mol. The summed E-state index contributed by atoms with van der Waals surface area (Å²) in [5.41, 5.74) is 0.0622. The number of hydrogen-bond donors (Lipinski definition) is 0. The van der Waals surface area contributed by atoms with Crippen molar-refractivity contribution in [2.45, 2.75) is 70.9 Å². The fourth-order valence-corrected chi connectivity index (χ4v) is 3.94. The predicted octanol–water partition coefficient (Wildman–Crippen LogP) is 3.35. The third-order valence-electron chi connectivity index (χ3n) is 3.10. The van der Waals surface area contributed by atoms with Crippen molar-refractivity contribution in [3.8, 4) is 0 Å². The highest BCUT2D eigenvalue weighted by molar-refractivity contribution is 6.27. The minimum absolute atomic E-state index is 0.0622. The number of hydrogen-bond acceptors (Lipinski definition) is 1. The van der Waals surface area contributed by atoms with Gasteiger partial charge in [0.15, 0.2) is 9.76 Å². The van der Waals surface area contributed by atoms with Crippen molar-refractivity contribution < 1.29 is 8.91 Å². The van der Waals surface area contributed by atoms with E-state index in [2.05, 4.69) is 41.9 Å². The van der Waals surface area contributed by atoms with E-state index in [0.717, 1.165) is 11.0 Å². The van der Waals surface area contributed by atoms with Crippen LogP contribution in [0.1, 0.15) is 59.3 Å². The molecule has 110 valence electrons. The van der Waals surface area contributed by atoms with E-state index in [-0.39, 0.29) is 15.4 Å². The number of nitrogens with zero attached hydrogens (tertiary/aromatic N) is 1. The molecule has 0 unspecified atom stereocenters. The Morgan fingerprint density at radius 2 is 1.50 bits per heavy atom. The molecule has 0 aromatic carbocycles. The minimum Gasteiger partial charge on any atom is -0.413 e. The van der Waals surface area contributed by atoms with Gasteiger partial charge in [-0.25, -0.2) is 0 Å². The van der Waals surface area contributed by atoms with E-state index in [1.165, 1.54) is 44.6 Å². The Morgan fingerprint density at radius 1 is 0.944 bits per heavy atom. The van der Waals surface area contributed by atoms with Gasteiger partial charge in [-0.2, -0.15) is 0 Å². The summed E-state index contributed by atoms with van der Waals surface area (Å²) >= 11 is 0. The van der Waals surface area contributed by atoms with Gasteiger partial charge in [0.1, 0.15) is 6.54 Å². The Morgan fingerprint density at radius 3 is 2.06 bits per heavy atom. The SMILES string of the molecule is CCCCCCCC[SiH2]OC(C)(C)C[N+](C)(C)C. The molecule has 0 heterocycles. The molecule has 0 fully saturated rings. The molecule has 0 amide bonds. The molecule has 2 nitrogen and oxygen atoms in total. The average Bonchev–Trinajstić information content (AvgIpc) is 2.18. The molecule has 0 aliphatic heterocycles. The maximum absolute atomic E-state index is 6.16. The van der Waals surface area contributed by atoms with Crippen LogP contribution in [0, 0.1) is 0 Å². The first-order valence-corrected chi connectivity index (χ1v) is 9.29. The smallest absolute Gasteiger partial charge is 0.162 e. The topological polar surface area (TPSA) is 9.23 Å². The van der Waals surface area contributed by atoms with Crippen LogP contribution >= 0.6 is 0 Å². The largest absolute Gasteiger partial charge is 0.413 e. The highest BCUT2D eigenvalue weighted by atomic mass is 28.2. The Bertz CT molecular complexity index is 199. The van der Waals surface area contributed by atoms with Gasteiger partial charge in [0.2, 0.25) is 0 Å². The minimum atomic E-state index is -0.311. The summed E-state index contributed by atoms with van der Waals surface area (Å²) in [6.45, 7) is 7.85. The summed E-state index contributed by atoms with van der Waals surface area (Å²) in [4.78, 5) is 0. The third-order valence-corrected chi connectivity index (χ3v) is 4.87. The van der Waals surface area contributed by atoms with Crippen molar-refractivity contribution in [1.82, 2.24) is 0 Å². The van der Waals surface area contributed by atoms with Gasteiger partial charge >= 0.3 is 0 Å². The lowest BCUT2D eigenvalue weighted by Gasteiger charge is -2.34. The van der Waals surface area contributed by atoms with Crippen LogP contribution < -0.4 is 0 Å². The summed E-state index contributed by atoms with van der Waals surface area (Å²) in [6, 6.07) is 1.35. The predicted molar refractivity (Wildman–Crippen MR) is 84.8 cm³/mol. The fraction of sp³-hybridized carbons (Fsp3) is 1.00. The molecular formula is C15H36NOSi+. The second-order valence-corrected chi connectivity index (χ2v) is 8.58. The van der Waals surface area contributed by atoms with E-state index in [0.29, 0.717) is 0 Å². The molecule has 0 rings (SSSR count). The summed E-state index contributed by atoms with van der Waals surface area (Å²) in [7, 11) is 6.40. The van der Waals surface area contributed by atoms with Crippen molar-refractivity contribution in [2.75, 3.05) is 27.7 Å². The third kappa shape index (κ3) is 12.6. The monoisotopic (exact) mass is 274 g/mol. The molecule has 0 aromatic heterocycles. The normalized spacial score (nSPS) is 13.7. The fourth-order valence-electron chi connectivity index (χ4n) is 2.60. The first-order valence-electron chi connectivity index (χ1n) is 7.71. The standard InChI is InChI=1S/C15H36NOSi/c1-7-8-9-10-11-12-13-18-17-15(2,3)14-16(4,5)6/h7-14,18H2,1-6H3/q+1. The lowest BCUT2D eigenvalue weighted by atomic mass is 10.1. The van der Waals surface area contributed by atoms with Crippen LogP contribution in [0.25, 0.3) is 0 Å². The first-order chi connectivity index (χ1) is 8.27. The number of rotatable bonds is 11. The Balaban J connectivity index is 3.47. The molecule has 0 bridgehead atoms. The van der Waals surface area contributed by atoms with Crippen LogP contribution in [-0.2, 0) is 4.43 Å². The molecule has 0 aromatic rings. The van der Waals surface area contributed by atoms with Gasteiger partial charge in [0, 0.05) is 0 Å². The van der Waals surface area contributed by atoms with Gasteiger partial charge in [-0.1, -0.05) is 45.4 Å². The van der Waals surface area contributed by atoms with Gasteiger partial charge in [0.05, 0.1) is 26.7 Å². The van der Waals surface area contributed by atoms with E-state index in [4.69, 9.17) is 4.43 Å². The van der Waals surface area contributed by atoms with E-state index in [1.54, 1.807) is 0 Å². The molecule has 3 heteroatoms. The van der Waals surface area contributed by atoms with Gasteiger partial charge in [-0.15, -0.1) is 0 Å². The van der Waals surface area contributed by atoms with Crippen LogP contribution in [-0.4, -0.2) is 47.5 Å². The summed E-state index contributed by atoms with van der Waals surface area (Å²) < 4.78 is 7.14. The molecular weight excluding hydrogens is 238 g/mol. The Hall–Kier alpha value is 0.137. The molecule has 0 atom stereocenters. The van der Waals surface area contributed by atoms with Crippen LogP contribution in [0.3, 0.4) is 0 Å². The maximum atomic E-state index is 6.16. The Labute approximate surface area is 118 Å². The van der Waals surface area contributed by atoms with E-state index >= 15 is 0 Å². The molecule has 0 radical (unpaired) electrons. The molecule has 0 aliphatic carbocycles. The second-order valence-electron chi connectivity index (χ2n) is 7.18. The van der Waals surface area contributed by atoms with Crippen molar-refractivity contribution in [1.29, 1.82) is 0 Å². The lowest BCUT2D eigenvalue weighted by molar-refractivity contribution is -0.876. The number of quaternary nitrogens is 1. The molecule has 0 aliphatic rings. The highest BCUT2D eigenvalue weighted by Crippen LogP contribution is 2.14. The quantitative estimate of drug-likeness (QED) is 0.319. The van der Waals surface area contributed by atoms with E-state index in [9.17, 15) is 0 Å². The Kier molecular flexibility index (Phi) is 9.18. The van der Waals surface area contributed by atoms with Crippen LogP contribution in [0.2, 0.25) is 6.04 Å². The number of likely N-dealkylation sites (N-methyl/N-ethyl adjacent to an activating group) is 1. The van der Waals surface area contributed by atoms with Crippen molar-refractivity contribution in [2.24, 2.45) is 0 Å². The van der Waals surface area contributed by atoms with Gasteiger partial charge in [-0.3, -0.25) is 0 Å². The van der Waals surface area contributed by atoms with Gasteiger partial charge in [-0.05, 0) is 19.9 Å². The molecule has 0 saturated carbocycles. The van der Waals surface area contributed by atoms with Crippen LogP contribution in [0.5, 0.6) is 0 Å². The maximum Gasteiger partial charge on any atom is 0.162 e. The lowest BCUT2D eigenvalue weighted by Crippen LogP contribution is -2.47. The van der Waals surface area contributed by atoms with Crippen LogP contribution in [0.4, 0.5) is 0 Å². The summed E-state index contributed by atoms with van der Waals surface area (Å²) in [6.07, 6.45) is 8.39. The molecule has 0 saturated heterocycles. The molecule has 0 spiro atoms. The van der Waals surface area contributed by atoms with E-state index in [1.807, 2.05) is 0 Å². The molecule has 0 N–H and O–H groups in total. The number of unbranched alkanes of at least 4 members (excludes halogenated alkanes) is 5. The summed E-state index contributed by atoms with van der Waals surface area (Å²) in [5, 5.41) is 0. The van der Waals surface area contributed by atoms with Crippen LogP contribution in [0.15, 0.2) is 0 Å². The zero-order chi connectivity index (χ0) is 14.1. The van der Waals surface area contributed by atoms with Gasteiger partial charge in [0.25, 0.3) is 0 Å². The zero-order valence-electron chi connectivity index (χ0n) is 13.7. The van der Waals surface area contributed by atoms with Gasteiger partial charge < -0.3 is 8.91 Å². The van der Waals surface area contributed by atoms with E-state index < -0.39 is 0 Å². The van der Waals surface area contributed by atoms with Crippen molar-refractivity contribution in [3.05, 3.63) is 0 Å². The van der Waals surface area contributed by atoms with Crippen molar-refractivity contribution in [3.63, 3.8) is 0 Å². The first kappa shape index (κ1) is 18.1.